The summed E-state index contributed by atoms with van der Waals surface area (Å²) in [4.78, 5) is 0. The first kappa shape index (κ1) is 9.17. The SMILES string of the molecule is N#Cc1ccc(CN)c(Br)c1F. The van der Waals surface area contributed by atoms with Crippen molar-refractivity contribution in [1.29, 1.82) is 5.26 Å². The summed E-state index contributed by atoms with van der Waals surface area (Å²) < 4.78 is 13.4. The molecule has 0 bridgehead atoms. The van der Waals surface area contributed by atoms with Crippen molar-refractivity contribution >= 4 is 15.9 Å². The highest BCUT2D eigenvalue weighted by Gasteiger charge is 2.08. The molecule has 0 fully saturated rings. The van der Waals surface area contributed by atoms with Gasteiger partial charge in [0.15, 0.2) is 5.82 Å². The van der Waals surface area contributed by atoms with Gasteiger partial charge in [0, 0.05) is 6.54 Å². The van der Waals surface area contributed by atoms with Crippen LogP contribution in [0.5, 0.6) is 0 Å². The normalized spacial score (nSPS) is 9.50. The molecule has 0 unspecified atom stereocenters. The lowest BCUT2D eigenvalue weighted by atomic mass is 10.1. The van der Waals surface area contributed by atoms with Crippen molar-refractivity contribution in [2.75, 3.05) is 0 Å². The van der Waals surface area contributed by atoms with Crippen LogP contribution in [0.2, 0.25) is 0 Å². The molecule has 0 saturated carbocycles. The lowest BCUT2D eigenvalue weighted by molar-refractivity contribution is 0.614. The zero-order valence-corrected chi connectivity index (χ0v) is 7.73. The lowest BCUT2D eigenvalue weighted by Crippen LogP contribution is -1.99. The monoisotopic (exact) mass is 228 g/mol. The Morgan fingerprint density at radius 1 is 1.58 bits per heavy atom. The van der Waals surface area contributed by atoms with Crippen LogP contribution in [0.3, 0.4) is 0 Å². The van der Waals surface area contributed by atoms with Gasteiger partial charge >= 0.3 is 0 Å². The van der Waals surface area contributed by atoms with E-state index in [4.69, 9.17) is 11.0 Å². The first-order valence-electron chi connectivity index (χ1n) is 3.27. The molecule has 0 heterocycles. The maximum absolute atomic E-state index is 13.1. The number of hydrogen-bond donors (Lipinski definition) is 1. The third kappa shape index (κ3) is 1.47. The Hall–Kier alpha value is -0.920. The van der Waals surface area contributed by atoms with Crippen molar-refractivity contribution in [2.24, 2.45) is 5.73 Å². The van der Waals surface area contributed by atoms with Crippen molar-refractivity contribution in [3.8, 4) is 6.07 Å². The molecule has 0 aromatic heterocycles. The van der Waals surface area contributed by atoms with Gasteiger partial charge in [0.2, 0.25) is 0 Å². The number of hydrogen-bond acceptors (Lipinski definition) is 2. The average Bonchev–Trinajstić information content (AvgIpc) is 2.10. The van der Waals surface area contributed by atoms with Crippen molar-refractivity contribution in [3.05, 3.63) is 33.5 Å². The molecule has 2 nitrogen and oxygen atoms in total. The van der Waals surface area contributed by atoms with Crippen molar-refractivity contribution in [3.63, 3.8) is 0 Å². The van der Waals surface area contributed by atoms with Crippen LogP contribution in [0.4, 0.5) is 4.39 Å². The second-order valence-corrected chi connectivity index (χ2v) is 3.01. The van der Waals surface area contributed by atoms with Crippen LogP contribution in [-0.4, -0.2) is 0 Å². The molecule has 0 amide bonds. The molecule has 0 aliphatic heterocycles. The summed E-state index contributed by atoms with van der Waals surface area (Å²) in [6.07, 6.45) is 0. The van der Waals surface area contributed by atoms with Gasteiger partial charge in [-0.3, -0.25) is 0 Å². The summed E-state index contributed by atoms with van der Waals surface area (Å²) in [6.45, 7) is 0.253. The van der Waals surface area contributed by atoms with E-state index in [1.165, 1.54) is 6.07 Å². The van der Waals surface area contributed by atoms with E-state index < -0.39 is 5.82 Å². The Morgan fingerprint density at radius 3 is 2.75 bits per heavy atom. The van der Waals surface area contributed by atoms with E-state index in [-0.39, 0.29) is 16.6 Å². The predicted molar refractivity (Wildman–Crippen MR) is 46.7 cm³/mol. The molecule has 0 radical (unpaired) electrons. The van der Waals surface area contributed by atoms with Gasteiger partial charge in [-0.05, 0) is 27.6 Å². The van der Waals surface area contributed by atoms with Crippen LogP contribution in [0.15, 0.2) is 16.6 Å². The highest BCUT2D eigenvalue weighted by Crippen LogP contribution is 2.22. The number of nitrogens with zero attached hydrogens (tertiary/aromatic N) is 1. The second-order valence-electron chi connectivity index (χ2n) is 2.22. The van der Waals surface area contributed by atoms with Crippen LogP contribution in [0, 0.1) is 17.1 Å². The molecule has 1 aromatic carbocycles. The van der Waals surface area contributed by atoms with E-state index in [0.29, 0.717) is 5.56 Å². The standard InChI is InChI=1S/C8H6BrFN2/c9-7-5(3-11)1-2-6(4-12)8(7)10/h1-2H,3,11H2. The summed E-state index contributed by atoms with van der Waals surface area (Å²) in [5.74, 6) is -0.541. The summed E-state index contributed by atoms with van der Waals surface area (Å²) in [7, 11) is 0. The van der Waals surface area contributed by atoms with Gasteiger partial charge in [-0.1, -0.05) is 6.07 Å². The third-order valence-electron chi connectivity index (χ3n) is 1.50. The molecule has 0 spiro atoms. The number of halogens is 2. The Morgan fingerprint density at radius 2 is 2.25 bits per heavy atom. The Balaban J connectivity index is 3.32. The van der Waals surface area contributed by atoms with E-state index in [1.807, 2.05) is 0 Å². The third-order valence-corrected chi connectivity index (χ3v) is 2.36. The Bertz CT molecular complexity index is 344. The molecule has 62 valence electrons. The summed E-state index contributed by atoms with van der Waals surface area (Å²) in [5, 5.41) is 8.46. The second kappa shape index (κ2) is 3.65. The number of nitriles is 1. The molecule has 4 heteroatoms. The number of benzene rings is 1. The molecule has 1 aromatic rings. The molecular formula is C8H6BrFN2. The van der Waals surface area contributed by atoms with E-state index in [9.17, 15) is 4.39 Å². The largest absolute Gasteiger partial charge is 0.326 e. The fourth-order valence-electron chi connectivity index (χ4n) is 0.833. The molecule has 1 rings (SSSR count). The minimum atomic E-state index is -0.541. The average molecular weight is 229 g/mol. The van der Waals surface area contributed by atoms with Gasteiger partial charge in [-0.25, -0.2) is 4.39 Å². The fraction of sp³-hybridized carbons (Fsp3) is 0.125. The van der Waals surface area contributed by atoms with E-state index in [0.717, 1.165) is 0 Å². The highest BCUT2D eigenvalue weighted by molar-refractivity contribution is 9.10. The van der Waals surface area contributed by atoms with Crippen LogP contribution in [0.1, 0.15) is 11.1 Å². The van der Waals surface area contributed by atoms with Gasteiger partial charge in [-0.15, -0.1) is 0 Å². The maximum atomic E-state index is 13.1. The maximum Gasteiger partial charge on any atom is 0.155 e. The van der Waals surface area contributed by atoms with Gasteiger partial charge in [0.1, 0.15) is 6.07 Å². The van der Waals surface area contributed by atoms with Crippen molar-refractivity contribution in [2.45, 2.75) is 6.54 Å². The van der Waals surface area contributed by atoms with Crippen LogP contribution >= 0.6 is 15.9 Å². The molecule has 0 aliphatic rings. The van der Waals surface area contributed by atoms with Gasteiger partial charge in [-0.2, -0.15) is 5.26 Å². The number of rotatable bonds is 1. The topological polar surface area (TPSA) is 49.8 Å². The van der Waals surface area contributed by atoms with Gasteiger partial charge in [0.25, 0.3) is 0 Å². The summed E-state index contributed by atoms with van der Waals surface area (Å²) >= 11 is 3.03. The van der Waals surface area contributed by atoms with Crippen LogP contribution < -0.4 is 5.73 Å². The zero-order chi connectivity index (χ0) is 9.14. The quantitative estimate of drug-likeness (QED) is 0.799. The highest BCUT2D eigenvalue weighted by atomic mass is 79.9. The molecular weight excluding hydrogens is 223 g/mol. The zero-order valence-electron chi connectivity index (χ0n) is 6.14. The molecule has 0 atom stereocenters. The first-order chi connectivity index (χ1) is 5.70. The minimum Gasteiger partial charge on any atom is -0.326 e. The molecule has 0 saturated heterocycles. The number of nitrogens with two attached hydrogens (primary N) is 1. The summed E-state index contributed by atoms with van der Waals surface area (Å²) in [5.41, 5.74) is 6.02. The van der Waals surface area contributed by atoms with E-state index in [1.54, 1.807) is 12.1 Å². The Kier molecular flexibility index (Phi) is 2.79. The van der Waals surface area contributed by atoms with Crippen LogP contribution in [-0.2, 0) is 6.54 Å². The van der Waals surface area contributed by atoms with Crippen LogP contribution in [0.25, 0.3) is 0 Å². The molecule has 2 N–H and O–H groups in total. The fourth-order valence-corrected chi connectivity index (χ4v) is 1.34. The predicted octanol–water partition coefficient (Wildman–Crippen LogP) is 1.92. The van der Waals surface area contributed by atoms with Gasteiger partial charge < -0.3 is 5.73 Å². The van der Waals surface area contributed by atoms with Gasteiger partial charge in [0.05, 0.1) is 10.0 Å². The van der Waals surface area contributed by atoms with Crippen molar-refractivity contribution < 1.29 is 4.39 Å². The van der Waals surface area contributed by atoms with E-state index in [2.05, 4.69) is 15.9 Å². The Labute approximate surface area is 77.9 Å². The minimum absolute atomic E-state index is 0.0269. The molecule has 0 aliphatic carbocycles. The first-order valence-corrected chi connectivity index (χ1v) is 4.07. The lowest BCUT2D eigenvalue weighted by Gasteiger charge is -2.02. The van der Waals surface area contributed by atoms with Crippen molar-refractivity contribution in [1.82, 2.24) is 0 Å². The summed E-state index contributed by atoms with van der Waals surface area (Å²) in [6, 6.07) is 4.79. The van der Waals surface area contributed by atoms with E-state index >= 15 is 0 Å². The smallest absolute Gasteiger partial charge is 0.155 e. The molecule has 12 heavy (non-hydrogen) atoms.